The summed E-state index contributed by atoms with van der Waals surface area (Å²) >= 11 is 0. The normalized spacial score (nSPS) is 10.7. The molecule has 5 heteroatoms. The van der Waals surface area contributed by atoms with Crippen LogP contribution in [0, 0.1) is 12.7 Å². The molecule has 0 aliphatic rings. The number of fused-ring (bicyclic) bond motifs is 1. The Balaban J connectivity index is 2.60. The molecule has 0 bridgehead atoms. The minimum absolute atomic E-state index is 0.298. The molecule has 2 aromatic heterocycles. The van der Waals surface area contributed by atoms with Crippen molar-refractivity contribution < 1.29 is 13.9 Å². The van der Waals surface area contributed by atoms with E-state index in [9.17, 15) is 9.18 Å². The number of rotatable bonds is 2. The molecule has 0 atom stereocenters. The predicted octanol–water partition coefficient (Wildman–Crippen LogP) is 1.96. The van der Waals surface area contributed by atoms with Crippen molar-refractivity contribution in [1.82, 2.24) is 9.38 Å². The number of pyridine rings is 1. The number of carbonyl (C=O) groups excluding carboxylic acids is 1. The van der Waals surface area contributed by atoms with Gasteiger partial charge in [-0.05, 0) is 19.9 Å². The average Bonchev–Trinajstić information content (AvgIpc) is 2.53. The van der Waals surface area contributed by atoms with Gasteiger partial charge in [0.05, 0.1) is 12.3 Å². The fourth-order valence-corrected chi connectivity index (χ4v) is 1.58. The summed E-state index contributed by atoms with van der Waals surface area (Å²) < 4.78 is 19.4. The lowest BCUT2D eigenvalue weighted by molar-refractivity contribution is 0.0517. The number of esters is 1. The number of ether oxygens (including phenoxy) is 1. The molecule has 0 spiro atoms. The van der Waals surface area contributed by atoms with E-state index in [1.807, 2.05) is 0 Å². The van der Waals surface area contributed by atoms with Crippen LogP contribution in [0.25, 0.3) is 5.65 Å². The summed E-state index contributed by atoms with van der Waals surface area (Å²) in [6.07, 6.45) is 1.47. The molecule has 4 nitrogen and oxygen atoms in total. The van der Waals surface area contributed by atoms with Crippen molar-refractivity contribution in [1.29, 1.82) is 0 Å². The SMILES string of the molecule is CCOC(=O)c1c(C)nc2cc(F)ccn12. The third-order valence-electron chi connectivity index (χ3n) is 2.23. The van der Waals surface area contributed by atoms with E-state index in [0.29, 0.717) is 23.6 Å². The van der Waals surface area contributed by atoms with E-state index in [2.05, 4.69) is 4.98 Å². The number of aryl methyl sites for hydroxylation is 1. The van der Waals surface area contributed by atoms with Gasteiger partial charge in [-0.25, -0.2) is 14.2 Å². The van der Waals surface area contributed by atoms with Gasteiger partial charge in [0, 0.05) is 12.3 Å². The molecule has 0 aliphatic heterocycles. The maximum absolute atomic E-state index is 13.0. The van der Waals surface area contributed by atoms with Crippen molar-refractivity contribution in [2.75, 3.05) is 6.61 Å². The first kappa shape index (κ1) is 10.6. The second-order valence-electron chi connectivity index (χ2n) is 3.34. The molecule has 0 unspecified atom stereocenters. The summed E-state index contributed by atoms with van der Waals surface area (Å²) in [6.45, 7) is 3.72. The Kier molecular flexibility index (Phi) is 2.60. The molecule has 0 amide bonds. The molecule has 0 aromatic carbocycles. The molecular weight excluding hydrogens is 211 g/mol. The highest BCUT2D eigenvalue weighted by Gasteiger charge is 2.17. The van der Waals surface area contributed by atoms with E-state index >= 15 is 0 Å². The third-order valence-corrected chi connectivity index (χ3v) is 2.23. The van der Waals surface area contributed by atoms with Crippen LogP contribution >= 0.6 is 0 Å². The van der Waals surface area contributed by atoms with Crippen LogP contribution in [0.15, 0.2) is 18.3 Å². The first-order valence-electron chi connectivity index (χ1n) is 4.94. The number of hydrogen-bond acceptors (Lipinski definition) is 3. The molecule has 2 rings (SSSR count). The number of aromatic nitrogens is 2. The van der Waals surface area contributed by atoms with Crippen LogP contribution in [0.4, 0.5) is 4.39 Å². The lowest BCUT2D eigenvalue weighted by Crippen LogP contribution is -2.09. The zero-order chi connectivity index (χ0) is 11.7. The second kappa shape index (κ2) is 3.92. The summed E-state index contributed by atoms with van der Waals surface area (Å²) in [5.74, 6) is -0.827. The molecule has 2 heterocycles. The van der Waals surface area contributed by atoms with Crippen molar-refractivity contribution in [3.8, 4) is 0 Å². The van der Waals surface area contributed by atoms with Gasteiger partial charge in [-0.2, -0.15) is 0 Å². The smallest absolute Gasteiger partial charge is 0.357 e. The van der Waals surface area contributed by atoms with Crippen LogP contribution in [-0.4, -0.2) is 22.0 Å². The Bertz CT molecular complexity index is 548. The number of carbonyl (C=O) groups is 1. The minimum atomic E-state index is -0.445. The first-order chi connectivity index (χ1) is 7.63. The van der Waals surface area contributed by atoms with E-state index in [1.54, 1.807) is 13.8 Å². The highest BCUT2D eigenvalue weighted by atomic mass is 19.1. The molecule has 0 radical (unpaired) electrons. The van der Waals surface area contributed by atoms with Crippen molar-refractivity contribution in [2.24, 2.45) is 0 Å². The van der Waals surface area contributed by atoms with Gasteiger partial charge in [0.15, 0.2) is 5.69 Å². The van der Waals surface area contributed by atoms with Crippen LogP contribution in [0.2, 0.25) is 0 Å². The highest BCUT2D eigenvalue weighted by Crippen LogP contribution is 2.14. The van der Waals surface area contributed by atoms with Gasteiger partial charge in [-0.3, -0.25) is 4.40 Å². The Morgan fingerprint density at radius 3 is 3.06 bits per heavy atom. The van der Waals surface area contributed by atoms with E-state index in [0.717, 1.165) is 0 Å². The van der Waals surface area contributed by atoms with Gasteiger partial charge in [-0.15, -0.1) is 0 Å². The van der Waals surface area contributed by atoms with Gasteiger partial charge < -0.3 is 4.74 Å². The first-order valence-corrected chi connectivity index (χ1v) is 4.94. The van der Waals surface area contributed by atoms with Crippen LogP contribution in [0.3, 0.4) is 0 Å². The fourth-order valence-electron chi connectivity index (χ4n) is 1.58. The Morgan fingerprint density at radius 1 is 1.62 bits per heavy atom. The van der Waals surface area contributed by atoms with Gasteiger partial charge >= 0.3 is 5.97 Å². The Hall–Kier alpha value is -1.91. The average molecular weight is 222 g/mol. The molecule has 0 saturated carbocycles. The minimum Gasteiger partial charge on any atom is -0.461 e. The zero-order valence-electron chi connectivity index (χ0n) is 9.03. The lowest BCUT2D eigenvalue weighted by Gasteiger charge is -2.02. The number of nitrogens with zero attached hydrogens (tertiary/aromatic N) is 2. The Labute approximate surface area is 91.7 Å². The number of hydrogen-bond donors (Lipinski definition) is 0. The number of halogens is 1. The van der Waals surface area contributed by atoms with E-state index in [-0.39, 0.29) is 5.82 Å². The maximum atomic E-state index is 13.0. The monoisotopic (exact) mass is 222 g/mol. The van der Waals surface area contributed by atoms with Crippen LogP contribution in [0.5, 0.6) is 0 Å². The van der Waals surface area contributed by atoms with Gasteiger partial charge in [-0.1, -0.05) is 0 Å². The van der Waals surface area contributed by atoms with Crippen molar-refractivity contribution >= 4 is 11.6 Å². The van der Waals surface area contributed by atoms with E-state index in [4.69, 9.17) is 4.74 Å². The molecule has 84 valence electrons. The van der Waals surface area contributed by atoms with Crippen LogP contribution in [0.1, 0.15) is 23.1 Å². The Morgan fingerprint density at radius 2 is 2.38 bits per heavy atom. The highest BCUT2D eigenvalue weighted by molar-refractivity contribution is 5.90. The van der Waals surface area contributed by atoms with Crippen molar-refractivity contribution in [2.45, 2.75) is 13.8 Å². The molecule has 0 saturated heterocycles. The molecule has 16 heavy (non-hydrogen) atoms. The third kappa shape index (κ3) is 1.64. The summed E-state index contributed by atoms with van der Waals surface area (Å²) in [7, 11) is 0. The molecule has 2 aromatic rings. The number of imidazole rings is 1. The zero-order valence-corrected chi connectivity index (χ0v) is 9.03. The quantitative estimate of drug-likeness (QED) is 0.729. The van der Waals surface area contributed by atoms with Gasteiger partial charge in [0.25, 0.3) is 0 Å². The van der Waals surface area contributed by atoms with Gasteiger partial charge in [0.2, 0.25) is 0 Å². The summed E-state index contributed by atoms with van der Waals surface area (Å²) in [5.41, 5.74) is 1.28. The topological polar surface area (TPSA) is 43.6 Å². The van der Waals surface area contributed by atoms with Crippen LogP contribution < -0.4 is 0 Å². The van der Waals surface area contributed by atoms with Crippen LogP contribution in [-0.2, 0) is 4.74 Å². The van der Waals surface area contributed by atoms with Crippen molar-refractivity contribution in [3.05, 3.63) is 35.5 Å². The van der Waals surface area contributed by atoms with E-state index in [1.165, 1.54) is 22.7 Å². The lowest BCUT2D eigenvalue weighted by atomic mass is 10.3. The summed E-state index contributed by atoms with van der Waals surface area (Å²) in [5, 5.41) is 0. The largest absolute Gasteiger partial charge is 0.461 e. The molecule has 0 N–H and O–H groups in total. The van der Waals surface area contributed by atoms with Crippen molar-refractivity contribution in [3.63, 3.8) is 0 Å². The van der Waals surface area contributed by atoms with Gasteiger partial charge in [0.1, 0.15) is 11.5 Å². The summed E-state index contributed by atoms with van der Waals surface area (Å²) in [4.78, 5) is 15.7. The predicted molar refractivity (Wildman–Crippen MR) is 55.8 cm³/mol. The van der Waals surface area contributed by atoms with E-state index < -0.39 is 5.97 Å². The second-order valence-corrected chi connectivity index (χ2v) is 3.34. The molecule has 0 aliphatic carbocycles. The fraction of sp³-hybridized carbons (Fsp3) is 0.273. The standard InChI is InChI=1S/C11H11FN2O2/c1-3-16-11(15)10-7(2)13-9-6-8(12)4-5-14(9)10/h4-6H,3H2,1-2H3. The molecular formula is C11H11FN2O2. The molecule has 0 fully saturated rings. The maximum Gasteiger partial charge on any atom is 0.357 e. The summed E-state index contributed by atoms with van der Waals surface area (Å²) in [6, 6.07) is 2.55.